The fourth-order valence-electron chi connectivity index (χ4n) is 3.92. The molecule has 0 spiro atoms. The molecule has 0 saturated carbocycles. The predicted molar refractivity (Wildman–Crippen MR) is 142 cm³/mol. The van der Waals surface area contributed by atoms with E-state index in [4.69, 9.17) is 36.1 Å². The van der Waals surface area contributed by atoms with Gasteiger partial charge in [-0.15, -0.1) is 11.6 Å². The number of fused-ring (bicyclic) bond motifs is 1. The van der Waals surface area contributed by atoms with Crippen LogP contribution in [0.15, 0.2) is 6.33 Å². The summed E-state index contributed by atoms with van der Waals surface area (Å²) in [6, 6.07) is -0.640. The lowest BCUT2D eigenvalue weighted by Gasteiger charge is -2.32. The summed E-state index contributed by atoms with van der Waals surface area (Å²) in [4.78, 5) is 34.3. The Morgan fingerprint density at radius 1 is 1.42 bits per heavy atom. The lowest BCUT2D eigenvalue weighted by Crippen LogP contribution is -2.43. The zero-order valence-corrected chi connectivity index (χ0v) is 24.5. The number of aromatic nitrogens is 4. The molecule has 0 amide bonds. The highest BCUT2D eigenvalue weighted by Gasteiger charge is 2.47. The molecule has 1 unspecified atom stereocenters. The van der Waals surface area contributed by atoms with Gasteiger partial charge in [-0.2, -0.15) is 9.97 Å². The molecule has 13 nitrogen and oxygen atoms in total. The molecule has 4 N–H and O–H groups in total. The van der Waals surface area contributed by atoms with Gasteiger partial charge in [0, 0.05) is 0 Å². The highest BCUT2D eigenvalue weighted by atomic mass is 35.5. The minimum Gasteiger partial charge on any atom is -0.476 e. The molecule has 214 valence electrons. The third kappa shape index (κ3) is 7.34. The maximum Gasteiger partial charge on any atom is 0.403 e. The second-order valence-corrected chi connectivity index (χ2v) is 13.3. The summed E-state index contributed by atoms with van der Waals surface area (Å²) in [5, 5.41) is 2.62. The van der Waals surface area contributed by atoms with Crippen molar-refractivity contribution < 1.29 is 33.0 Å². The minimum absolute atomic E-state index is 0.0108. The molecular formula is C23H38ClN6O7P. The lowest BCUT2D eigenvalue weighted by molar-refractivity contribution is -0.148. The Morgan fingerprint density at radius 2 is 2.11 bits per heavy atom. The molecule has 1 fully saturated rings. The quantitative estimate of drug-likeness (QED) is 0.202. The lowest BCUT2D eigenvalue weighted by atomic mass is 9.88. The third-order valence-corrected chi connectivity index (χ3v) is 7.54. The molecule has 1 aliphatic rings. The van der Waals surface area contributed by atoms with Crippen molar-refractivity contribution in [1.29, 1.82) is 0 Å². The van der Waals surface area contributed by atoms with Crippen LogP contribution in [-0.2, 0) is 23.4 Å². The number of carbonyl (C=O) groups excluding carboxylic acids is 1. The van der Waals surface area contributed by atoms with Gasteiger partial charge in [-0.3, -0.25) is 13.9 Å². The molecule has 0 aliphatic carbocycles. The van der Waals surface area contributed by atoms with Crippen molar-refractivity contribution in [2.24, 2.45) is 11.3 Å². The van der Waals surface area contributed by atoms with Crippen LogP contribution in [0.1, 0.15) is 61.1 Å². The number of nitrogen functional groups attached to an aromatic ring is 1. The van der Waals surface area contributed by atoms with Gasteiger partial charge in [0.1, 0.15) is 6.61 Å². The number of hydrogen-bond acceptors (Lipinski definition) is 10. The maximum atomic E-state index is 12.9. The molecule has 2 aromatic heterocycles. The summed E-state index contributed by atoms with van der Waals surface area (Å²) >= 11 is 6.82. The van der Waals surface area contributed by atoms with Gasteiger partial charge in [0.05, 0.1) is 42.5 Å². The minimum atomic E-state index is -4.30. The van der Waals surface area contributed by atoms with Crippen LogP contribution < -0.4 is 15.6 Å². The van der Waals surface area contributed by atoms with Gasteiger partial charge in [0.2, 0.25) is 11.8 Å². The molecule has 0 bridgehead atoms. The van der Waals surface area contributed by atoms with Crippen LogP contribution in [0.4, 0.5) is 5.95 Å². The summed E-state index contributed by atoms with van der Waals surface area (Å²) in [6.45, 7) is 12.7. The Hall–Kier alpha value is -2.02. The number of halogens is 1. The standard InChI is InChI=1S/C23H38ClN6O7P/c1-8-34-18-16-17(27-21(25)28-18)30(12-26-16)20-23(7,24)9-14(37-20)10-36-38(32,33)29-15(22(4,5)6)11-35-19(31)13(2)3/h12-15,20H,8-11H2,1-7H3,(H2,25,27,28)(H2,29,32,33)/t14-,15-,20+,23+/m0/s1. The number of nitrogens with two attached hydrogens (primary N) is 1. The van der Waals surface area contributed by atoms with E-state index in [1.54, 1.807) is 25.3 Å². The number of alkyl halides is 1. The third-order valence-electron chi connectivity index (χ3n) is 6.07. The number of imidazole rings is 1. The number of rotatable bonds is 11. The first-order chi connectivity index (χ1) is 17.5. The van der Waals surface area contributed by atoms with Gasteiger partial charge >= 0.3 is 13.7 Å². The van der Waals surface area contributed by atoms with E-state index in [9.17, 15) is 14.3 Å². The van der Waals surface area contributed by atoms with E-state index in [0.717, 1.165) is 0 Å². The first-order valence-corrected chi connectivity index (χ1v) is 14.4. The molecule has 0 aromatic carbocycles. The number of carbonyl (C=O) groups is 1. The Bertz CT molecular complexity index is 1180. The van der Waals surface area contributed by atoms with Crippen molar-refractivity contribution in [2.45, 2.75) is 78.1 Å². The number of nitrogens with zero attached hydrogens (tertiary/aromatic N) is 4. The molecule has 15 heteroatoms. The number of esters is 1. The predicted octanol–water partition coefficient (Wildman–Crippen LogP) is 3.41. The summed E-state index contributed by atoms with van der Waals surface area (Å²) in [6.07, 6.45) is 0.489. The molecular weight excluding hydrogens is 539 g/mol. The second-order valence-electron chi connectivity index (χ2n) is 10.9. The Morgan fingerprint density at radius 3 is 2.71 bits per heavy atom. The zero-order chi connectivity index (χ0) is 28.5. The van der Waals surface area contributed by atoms with Crippen molar-refractivity contribution in [3.05, 3.63) is 6.33 Å². The van der Waals surface area contributed by atoms with E-state index in [1.165, 1.54) is 6.33 Å². The SMILES string of the molecule is CCOc1nc(N)nc2c1ncn2[C@@H]1O[C@H](COP(=O)(O)N[C@@H](COC(=O)C(C)C)C(C)(C)C)C[C@@]1(C)Cl. The van der Waals surface area contributed by atoms with E-state index in [1.807, 2.05) is 27.7 Å². The van der Waals surface area contributed by atoms with Crippen molar-refractivity contribution in [1.82, 2.24) is 24.6 Å². The topological polar surface area (TPSA) is 173 Å². The number of ether oxygens (including phenoxy) is 3. The van der Waals surface area contributed by atoms with Crippen molar-refractivity contribution in [3.8, 4) is 5.88 Å². The van der Waals surface area contributed by atoms with Crippen LogP contribution >= 0.6 is 19.3 Å². The van der Waals surface area contributed by atoms with Crippen LogP contribution in [0.5, 0.6) is 5.88 Å². The molecule has 1 saturated heterocycles. The molecule has 38 heavy (non-hydrogen) atoms. The highest BCUT2D eigenvalue weighted by molar-refractivity contribution is 7.50. The Balaban J connectivity index is 1.70. The van der Waals surface area contributed by atoms with Crippen LogP contribution in [-0.4, -0.2) is 67.2 Å². The Labute approximate surface area is 227 Å². The van der Waals surface area contributed by atoms with Gasteiger partial charge in [-0.25, -0.2) is 14.6 Å². The highest BCUT2D eigenvalue weighted by Crippen LogP contribution is 2.46. The fraction of sp³-hybridized carbons (Fsp3) is 0.739. The van der Waals surface area contributed by atoms with Crippen LogP contribution in [0.2, 0.25) is 0 Å². The number of anilines is 1. The smallest absolute Gasteiger partial charge is 0.403 e. The van der Waals surface area contributed by atoms with Crippen molar-refractivity contribution >= 4 is 42.4 Å². The second kappa shape index (κ2) is 11.6. The Kier molecular flexibility index (Phi) is 9.33. The normalized spacial score (nSPS) is 24.5. The number of hydrogen-bond donors (Lipinski definition) is 3. The molecule has 0 radical (unpaired) electrons. The van der Waals surface area contributed by atoms with Gasteiger partial charge in [0.25, 0.3) is 0 Å². The average Bonchev–Trinajstić information content (AvgIpc) is 3.33. The van der Waals surface area contributed by atoms with Gasteiger partial charge in [-0.05, 0) is 25.7 Å². The van der Waals surface area contributed by atoms with Gasteiger partial charge < -0.3 is 24.8 Å². The first-order valence-electron chi connectivity index (χ1n) is 12.4. The molecule has 2 aromatic rings. The maximum absolute atomic E-state index is 12.9. The molecule has 5 atom stereocenters. The van der Waals surface area contributed by atoms with Crippen LogP contribution in [0.25, 0.3) is 11.2 Å². The summed E-state index contributed by atoms with van der Waals surface area (Å²) in [5.41, 5.74) is 6.16. The molecule has 3 heterocycles. The van der Waals surface area contributed by atoms with E-state index in [0.29, 0.717) is 24.2 Å². The molecule has 3 rings (SSSR count). The summed E-state index contributed by atoms with van der Waals surface area (Å²) in [5.74, 6) is -0.445. The number of nitrogens with one attached hydrogen (secondary N) is 1. The van der Waals surface area contributed by atoms with Crippen molar-refractivity contribution in [3.63, 3.8) is 0 Å². The molecule has 1 aliphatic heterocycles. The zero-order valence-electron chi connectivity index (χ0n) is 22.8. The van der Waals surface area contributed by atoms with Crippen molar-refractivity contribution in [2.75, 3.05) is 25.6 Å². The van der Waals surface area contributed by atoms with Gasteiger partial charge in [-0.1, -0.05) is 34.6 Å². The largest absolute Gasteiger partial charge is 0.476 e. The monoisotopic (exact) mass is 576 g/mol. The van der Waals surface area contributed by atoms with E-state index >= 15 is 0 Å². The summed E-state index contributed by atoms with van der Waals surface area (Å²) in [7, 11) is -4.30. The van der Waals surface area contributed by atoms with E-state index in [2.05, 4.69) is 20.0 Å². The average molecular weight is 577 g/mol. The first kappa shape index (κ1) is 30.5. The van der Waals surface area contributed by atoms with Gasteiger partial charge in [0.15, 0.2) is 17.4 Å². The van der Waals surface area contributed by atoms with Crippen LogP contribution in [0.3, 0.4) is 0 Å². The summed E-state index contributed by atoms with van der Waals surface area (Å²) < 4.78 is 36.9. The van der Waals surface area contributed by atoms with Crippen LogP contribution in [0, 0.1) is 11.3 Å². The van der Waals surface area contributed by atoms with E-state index < -0.39 is 42.4 Å². The van der Waals surface area contributed by atoms with E-state index in [-0.39, 0.29) is 31.0 Å². The fourth-order valence-corrected chi connectivity index (χ4v) is 5.55.